The number of carbonyl (C=O) groups excluding carboxylic acids is 1. The highest BCUT2D eigenvalue weighted by Gasteiger charge is 2.23. The Kier molecular flexibility index (Phi) is 5.19. The molecule has 12 heavy (non-hydrogen) atoms. The summed E-state index contributed by atoms with van der Waals surface area (Å²) in [5, 5.41) is 0. The molecule has 0 amide bonds. The summed E-state index contributed by atoms with van der Waals surface area (Å²) in [6.45, 7) is 8.58. The van der Waals surface area contributed by atoms with Crippen molar-refractivity contribution in [3.63, 3.8) is 0 Å². The number of rotatable bonds is 6. The molecule has 0 radical (unpaired) electrons. The molecule has 1 nitrogen and oxygen atoms in total. The fraction of sp³-hybridized carbons (Fsp3) is 0.909. The molecule has 0 fully saturated rings. The van der Waals surface area contributed by atoms with E-state index in [1.54, 1.807) is 0 Å². The van der Waals surface area contributed by atoms with E-state index < -0.39 is 0 Å². The Morgan fingerprint density at radius 1 is 1.42 bits per heavy atom. The van der Waals surface area contributed by atoms with Crippen LogP contribution >= 0.6 is 0 Å². The molecule has 0 aromatic carbocycles. The van der Waals surface area contributed by atoms with Gasteiger partial charge in [-0.2, -0.15) is 0 Å². The molecule has 0 saturated carbocycles. The van der Waals surface area contributed by atoms with Crippen molar-refractivity contribution >= 4 is 6.29 Å². The van der Waals surface area contributed by atoms with Crippen LogP contribution in [0.25, 0.3) is 0 Å². The summed E-state index contributed by atoms with van der Waals surface area (Å²) in [5.41, 5.74) is -0.0748. The summed E-state index contributed by atoms with van der Waals surface area (Å²) in [5.74, 6) is 0.685. The number of hydrogen-bond donors (Lipinski definition) is 0. The van der Waals surface area contributed by atoms with E-state index in [2.05, 4.69) is 27.7 Å². The molecule has 0 saturated heterocycles. The molecule has 0 aliphatic heterocycles. The van der Waals surface area contributed by atoms with E-state index in [1.165, 1.54) is 12.8 Å². The molecule has 0 N–H and O–H groups in total. The zero-order chi connectivity index (χ0) is 9.61. The van der Waals surface area contributed by atoms with Gasteiger partial charge in [0.2, 0.25) is 0 Å². The number of aldehydes is 1. The Balaban J connectivity index is 3.92. The van der Waals surface area contributed by atoms with Crippen LogP contribution in [0.1, 0.15) is 53.4 Å². The van der Waals surface area contributed by atoms with Gasteiger partial charge in [0.1, 0.15) is 6.29 Å². The minimum Gasteiger partial charge on any atom is -0.303 e. The van der Waals surface area contributed by atoms with Crippen molar-refractivity contribution in [2.24, 2.45) is 11.3 Å². The van der Waals surface area contributed by atoms with E-state index in [4.69, 9.17) is 0 Å². The van der Waals surface area contributed by atoms with Crippen LogP contribution in [0.15, 0.2) is 0 Å². The van der Waals surface area contributed by atoms with Crippen molar-refractivity contribution in [3.8, 4) is 0 Å². The summed E-state index contributed by atoms with van der Waals surface area (Å²) < 4.78 is 0. The van der Waals surface area contributed by atoms with E-state index in [0.717, 1.165) is 19.1 Å². The molecule has 0 aliphatic carbocycles. The van der Waals surface area contributed by atoms with Gasteiger partial charge in [0.25, 0.3) is 0 Å². The summed E-state index contributed by atoms with van der Waals surface area (Å²) in [7, 11) is 0. The molecule has 0 aromatic heterocycles. The van der Waals surface area contributed by atoms with Crippen molar-refractivity contribution in [2.75, 3.05) is 0 Å². The lowest BCUT2D eigenvalue weighted by molar-refractivity contribution is -0.116. The maximum Gasteiger partial charge on any atom is 0.125 e. The van der Waals surface area contributed by atoms with E-state index >= 15 is 0 Å². The topological polar surface area (TPSA) is 17.1 Å². The van der Waals surface area contributed by atoms with Crippen LogP contribution in [-0.2, 0) is 4.79 Å². The highest BCUT2D eigenvalue weighted by atomic mass is 16.1. The summed E-state index contributed by atoms with van der Waals surface area (Å²) in [6, 6.07) is 0. The fourth-order valence-corrected chi connectivity index (χ4v) is 1.67. The molecule has 0 heterocycles. The van der Waals surface area contributed by atoms with Gasteiger partial charge < -0.3 is 4.79 Å². The van der Waals surface area contributed by atoms with Gasteiger partial charge in [0, 0.05) is 5.41 Å². The molecule has 0 aliphatic rings. The lowest BCUT2D eigenvalue weighted by Crippen LogP contribution is -2.20. The first-order chi connectivity index (χ1) is 5.58. The lowest BCUT2D eigenvalue weighted by Gasteiger charge is -2.24. The molecule has 0 bridgehead atoms. The van der Waals surface area contributed by atoms with Crippen molar-refractivity contribution < 1.29 is 4.79 Å². The summed E-state index contributed by atoms with van der Waals surface area (Å²) in [6.07, 6.45) is 5.59. The van der Waals surface area contributed by atoms with Crippen LogP contribution in [0.2, 0.25) is 0 Å². The van der Waals surface area contributed by atoms with Gasteiger partial charge in [-0.25, -0.2) is 0 Å². The summed E-state index contributed by atoms with van der Waals surface area (Å²) >= 11 is 0. The van der Waals surface area contributed by atoms with Crippen LogP contribution in [0.3, 0.4) is 0 Å². The number of carbonyl (C=O) groups is 1. The Morgan fingerprint density at radius 2 is 2.00 bits per heavy atom. The zero-order valence-electron chi connectivity index (χ0n) is 8.89. The molecule has 1 heteroatoms. The predicted octanol–water partition coefficient (Wildman–Crippen LogP) is 3.43. The van der Waals surface area contributed by atoms with Gasteiger partial charge in [-0.1, -0.05) is 40.5 Å². The van der Waals surface area contributed by atoms with Crippen molar-refractivity contribution in [1.82, 2.24) is 0 Å². The second kappa shape index (κ2) is 5.34. The summed E-state index contributed by atoms with van der Waals surface area (Å²) in [4.78, 5) is 10.8. The smallest absolute Gasteiger partial charge is 0.125 e. The van der Waals surface area contributed by atoms with Gasteiger partial charge in [0.05, 0.1) is 0 Å². The fourth-order valence-electron chi connectivity index (χ4n) is 1.67. The van der Waals surface area contributed by atoms with E-state index in [-0.39, 0.29) is 5.41 Å². The van der Waals surface area contributed by atoms with Crippen LogP contribution in [-0.4, -0.2) is 6.29 Å². The molecule has 0 spiro atoms. The third-order valence-electron chi connectivity index (χ3n) is 2.69. The third-order valence-corrected chi connectivity index (χ3v) is 2.69. The molecule has 2 unspecified atom stereocenters. The standard InChI is InChI=1S/C11H22O/c1-5-7-10(3)8-11(4,6-2)9-12/h9-10H,5-8H2,1-4H3. The monoisotopic (exact) mass is 170 g/mol. The maximum absolute atomic E-state index is 10.8. The SMILES string of the molecule is CCCC(C)CC(C)(C=O)CC. The lowest BCUT2D eigenvalue weighted by atomic mass is 9.79. The normalized spacial score (nSPS) is 18.3. The van der Waals surface area contributed by atoms with Crippen LogP contribution in [0.4, 0.5) is 0 Å². The predicted molar refractivity (Wildman–Crippen MR) is 53.2 cm³/mol. The van der Waals surface area contributed by atoms with E-state index in [0.29, 0.717) is 5.92 Å². The Bertz CT molecular complexity index is 131. The Morgan fingerprint density at radius 3 is 2.33 bits per heavy atom. The molecular weight excluding hydrogens is 148 g/mol. The quantitative estimate of drug-likeness (QED) is 0.558. The molecule has 0 aromatic rings. The van der Waals surface area contributed by atoms with Crippen LogP contribution in [0, 0.1) is 11.3 Å². The van der Waals surface area contributed by atoms with Gasteiger partial charge >= 0.3 is 0 Å². The van der Waals surface area contributed by atoms with Crippen molar-refractivity contribution in [1.29, 1.82) is 0 Å². The van der Waals surface area contributed by atoms with Crippen molar-refractivity contribution in [3.05, 3.63) is 0 Å². The largest absolute Gasteiger partial charge is 0.303 e. The molecule has 0 rings (SSSR count). The average molecular weight is 170 g/mol. The first kappa shape index (κ1) is 11.7. The van der Waals surface area contributed by atoms with E-state index in [1.807, 2.05) is 0 Å². The van der Waals surface area contributed by atoms with Crippen molar-refractivity contribution in [2.45, 2.75) is 53.4 Å². The highest BCUT2D eigenvalue weighted by Crippen LogP contribution is 2.29. The third kappa shape index (κ3) is 3.89. The Labute approximate surface area is 76.6 Å². The molecular formula is C11H22O. The van der Waals surface area contributed by atoms with Crippen LogP contribution < -0.4 is 0 Å². The first-order valence-electron chi connectivity index (χ1n) is 5.04. The second-order valence-electron chi connectivity index (χ2n) is 4.22. The van der Waals surface area contributed by atoms with Crippen LogP contribution in [0.5, 0.6) is 0 Å². The minimum absolute atomic E-state index is 0.0748. The molecule has 72 valence electrons. The second-order valence-corrected chi connectivity index (χ2v) is 4.22. The first-order valence-corrected chi connectivity index (χ1v) is 5.04. The zero-order valence-corrected chi connectivity index (χ0v) is 8.89. The maximum atomic E-state index is 10.8. The average Bonchev–Trinajstić information content (AvgIpc) is 2.05. The minimum atomic E-state index is -0.0748. The van der Waals surface area contributed by atoms with Gasteiger partial charge in [0.15, 0.2) is 0 Å². The van der Waals surface area contributed by atoms with E-state index in [9.17, 15) is 4.79 Å². The Hall–Kier alpha value is -0.330. The van der Waals surface area contributed by atoms with Gasteiger partial charge in [-0.05, 0) is 18.8 Å². The van der Waals surface area contributed by atoms with Gasteiger partial charge in [-0.3, -0.25) is 0 Å². The highest BCUT2D eigenvalue weighted by molar-refractivity contribution is 5.58. The van der Waals surface area contributed by atoms with Gasteiger partial charge in [-0.15, -0.1) is 0 Å². The number of hydrogen-bond acceptors (Lipinski definition) is 1. The molecule has 2 atom stereocenters.